The van der Waals surface area contributed by atoms with Crippen LogP contribution in [0.25, 0.3) is 0 Å². The van der Waals surface area contributed by atoms with Crippen LogP contribution in [-0.4, -0.2) is 30.7 Å². The van der Waals surface area contributed by atoms with Gasteiger partial charge in [-0.2, -0.15) is 13.2 Å². The molecule has 0 unspecified atom stereocenters. The number of unbranched alkanes of at least 4 members (excludes halogenated alkanes) is 26. The zero-order valence-corrected chi connectivity index (χ0v) is 27.2. The molecule has 0 aromatic rings. The second kappa shape index (κ2) is 32.6. The summed E-state index contributed by atoms with van der Waals surface area (Å²) in [6.07, 6.45) is 32.0. The SMILES string of the molecule is CCCCCCCCCCCCCCCCN(CCCCCCCCCCCCCCCC)CC(F)(F)F.Cl. The van der Waals surface area contributed by atoms with Gasteiger partial charge >= 0.3 is 6.18 Å². The Morgan fingerprint density at radius 2 is 0.564 bits per heavy atom. The fourth-order valence-corrected chi connectivity index (χ4v) is 5.58. The third kappa shape index (κ3) is 36.0. The van der Waals surface area contributed by atoms with Crippen molar-refractivity contribution in [2.75, 3.05) is 19.6 Å². The summed E-state index contributed by atoms with van der Waals surface area (Å²) in [5.41, 5.74) is 0. The van der Waals surface area contributed by atoms with Crippen molar-refractivity contribution in [2.24, 2.45) is 0 Å². The fraction of sp³-hybridized carbons (Fsp3) is 1.00. The molecule has 0 bridgehead atoms. The van der Waals surface area contributed by atoms with Crippen molar-refractivity contribution in [1.29, 1.82) is 0 Å². The summed E-state index contributed by atoms with van der Waals surface area (Å²) >= 11 is 0. The van der Waals surface area contributed by atoms with Crippen molar-refractivity contribution in [3.63, 3.8) is 0 Å². The molecular formula is C34H69ClF3N. The van der Waals surface area contributed by atoms with Crippen LogP contribution in [-0.2, 0) is 0 Å². The molecular weight excluding hydrogens is 515 g/mol. The van der Waals surface area contributed by atoms with E-state index in [1.54, 1.807) is 4.90 Å². The Labute approximate surface area is 249 Å². The van der Waals surface area contributed by atoms with Crippen molar-refractivity contribution in [3.8, 4) is 0 Å². The lowest BCUT2D eigenvalue weighted by Crippen LogP contribution is -2.35. The third-order valence-corrected chi connectivity index (χ3v) is 8.06. The molecule has 0 radical (unpaired) electrons. The van der Waals surface area contributed by atoms with Crippen LogP contribution in [0.3, 0.4) is 0 Å². The average Bonchev–Trinajstić information content (AvgIpc) is 2.88. The summed E-state index contributed by atoms with van der Waals surface area (Å²) in [4.78, 5) is 1.67. The van der Waals surface area contributed by atoms with E-state index in [9.17, 15) is 13.2 Å². The Morgan fingerprint density at radius 1 is 0.359 bits per heavy atom. The van der Waals surface area contributed by atoms with Crippen LogP contribution >= 0.6 is 12.4 Å². The lowest BCUT2D eigenvalue weighted by Gasteiger charge is -2.23. The van der Waals surface area contributed by atoms with Crippen LogP contribution in [0.2, 0.25) is 0 Å². The molecule has 0 saturated carbocycles. The molecule has 0 saturated heterocycles. The number of halogens is 4. The molecule has 1 nitrogen and oxygen atoms in total. The van der Waals surface area contributed by atoms with E-state index in [-0.39, 0.29) is 12.4 Å². The van der Waals surface area contributed by atoms with Crippen LogP contribution < -0.4 is 0 Å². The number of alkyl halides is 3. The molecule has 0 spiro atoms. The van der Waals surface area contributed by atoms with E-state index in [2.05, 4.69) is 13.8 Å². The van der Waals surface area contributed by atoms with Gasteiger partial charge in [-0.25, -0.2) is 0 Å². The third-order valence-electron chi connectivity index (χ3n) is 8.06. The maximum atomic E-state index is 13.0. The monoisotopic (exact) mass is 584 g/mol. The first kappa shape index (κ1) is 41.2. The topological polar surface area (TPSA) is 3.24 Å². The normalized spacial score (nSPS) is 11.8. The summed E-state index contributed by atoms with van der Waals surface area (Å²) in [7, 11) is 0. The molecule has 0 fully saturated rings. The molecule has 0 aliphatic heterocycles. The highest BCUT2D eigenvalue weighted by Gasteiger charge is 2.30. The molecule has 0 aliphatic rings. The van der Waals surface area contributed by atoms with E-state index in [0.29, 0.717) is 13.1 Å². The molecule has 39 heavy (non-hydrogen) atoms. The van der Waals surface area contributed by atoms with Gasteiger partial charge < -0.3 is 0 Å². The highest BCUT2D eigenvalue weighted by molar-refractivity contribution is 5.85. The van der Waals surface area contributed by atoms with Crippen molar-refractivity contribution >= 4 is 12.4 Å². The molecule has 238 valence electrons. The largest absolute Gasteiger partial charge is 0.401 e. The highest BCUT2D eigenvalue weighted by atomic mass is 35.5. The average molecular weight is 584 g/mol. The summed E-state index contributed by atoms with van der Waals surface area (Å²) in [5, 5.41) is 0. The summed E-state index contributed by atoms with van der Waals surface area (Å²) < 4.78 is 39.1. The fourth-order valence-electron chi connectivity index (χ4n) is 5.58. The number of hydrogen-bond donors (Lipinski definition) is 0. The first-order chi connectivity index (χ1) is 18.5. The van der Waals surface area contributed by atoms with Crippen molar-refractivity contribution in [3.05, 3.63) is 0 Å². The Balaban J connectivity index is 0. The minimum absolute atomic E-state index is 0. The predicted molar refractivity (Wildman–Crippen MR) is 170 cm³/mol. The van der Waals surface area contributed by atoms with Crippen LogP contribution in [0.1, 0.15) is 194 Å². The zero-order chi connectivity index (χ0) is 28.0. The zero-order valence-electron chi connectivity index (χ0n) is 26.4. The van der Waals surface area contributed by atoms with Gasteiger partial charge in [-0.1, -0.05) is 181 Å². The van der Waals surface area contributed by atoms with E-state index in [0.717, 1.165) is 25.7 Å². The minimum atomic E-state index is -4.08. The van der Waals surface area contributed by atoms with Gasteiger partial charge in [0.15, 0.2) is 0 Å². The first-order valence-electron chi connectivity index (χ1n) is 17.3. The van der Waals surface area contributed by atoms with Gasteiger partial charge in [0.2, 0.25) is 0 Å². The van der Waals surface area contributed by atoms with Crippen molar-refractivity contribution in [2.45, 2.75) is 200 Å². The Morgan fingerprint density at radius 3 is 0.769 bits per heavy atom. The Bertz CT molecular complexity index is 413. The first-order valence-corrected chi connectivity index (χ1v) is 17.3. The maximum absolute atomic E-state index is 13.0. The lowest BCUT2D eigenvalue weighted by atomic mass is 10.0. The van der Waals surface area contributed by atoms with E-state index in [4.69, 9.17) is 0 Å². The smallest absolute Gasteiger partial charge is 0.295 e. The molecule has 0 aliphatic carbocycles. The number of rotatable bonds is 31. The van der Waals surface area contributed by atoms with Gasteiger partial charge in [0, 0.05) is 0 Å². The van der Waals surface area contributed by atoms with Gasteiger partial charge in [-0.3, -0.25) is 4.90 Å². The van der Waals surface area contributed by atoms with Crippen LogP contribution in [0, 0.1) is 0 Å². The summed E-state index contributed by atoms with van der Waals surface area (Å²) in [6, 6.07) is 0. The Kier molecular flexibility index (Phi) is 34.4. The predicted octanol–water partition coefficient (Wildman–Crippen LogP) is 13.2. The van der Waals surface area contributed by atoms with E-state index < -0.39 is 12.7 Å². The molecule has 0 heterocycles. The molecule has 5 heteroatoms. The van der Waals surface area contributed by atoms with E-state index in [1.807, 2.05) is 0 Å². The second-order valence-corrected chi connectivity index (χ2v) is 12.1. The van der Waals surface area contributed by atoms with E-state index >= 15 is 0 Å². The minimum Gasteiger partial charge on any atom is -0.295 e. The van der Waals surface area contributed by atoms with Gasteiger partial charge in [0.1, 0.15) is 0 Å². The van der Waals surface area contributed by atoms with Crippen LogP contribution in [0.15, 0.2) is 0 Å². The van der Waals surface area contributed by atoms with Gasteiger partial charge in [0.25, 0.3) is 0 Å². The Hall–Kier alpha value is 0.0400. The molecule has 0 amide bonds. The standard InChI is InChI=1S/C34H68F3N.ClH/c1-3-5-7-9-11-13-15-17-19-21-23-25-27-29-31-38(33-34(35,36)37)32-30-28-26-24-22-20-18-16-14-12-10-8-6-4-2;/h3-33H2,1-2H3;1H. The molecule has 0 rings (SSSR count). The molecule has 0 N–H and O–H groups in total. The molecule has 0 aromatic carbocycles. The molecule has 0 atom stereocenters. The van der Waals surface area contributed by atoms with Crippen molar-refractivity contribution < 1.29 is 13.2 Å². The molecule has 0 aromatic heterocycles. The van der Waals surface area contributed by atoms with Crippen LogP contribution in [0.4, 0.5) is 13.2 Å². The number of nitrogens with zero attached hydrogens (tertiary/aromatic N) is 1. The van der Waals surface area contributed by atoms with Crippen LogP contribution in [0.5, 0.6) is 0 Å². The lowest BCUT2D eigenvalue weighted by molar-refractivity contribution is -0.146. The highest BCUT2D eigenvalue weighted by Crippen LogP contribution is 2.19. The van der Waals surface area contributed by atoms with Crippen molar-refractivity contribution in [1.82, 2.24) is 4.90 Å². The van der Waals surface area contributed by atoms with E-state index in [1.165, 1.54) is 154 Å². The second-order valence-electron chi connectivity index (χ2n) is 12.1. The quantitative estimate of drug-likeness (QED) is 0.0733. The number of hydrogen-bond acceptors (Lipinski definition) is 1. The summed E-state index contributed by atoms with van der Waals surface area (Å²) in [6.45, 7) is 5.01. The maximum Gasteiger partial charge on any atom is 0.401 e. The van der Waals surface area contributed by atoms with Gasteiger partial charge in [0.05, 0.1) is 6.54 Å². The van der Waals surface area contributed by atoms with Gasteiger partial charge in [-0.15, -0.1) is 12.4 Å². The van der Waals surface area contributed by atoms with Gasteiger partial charge in [-0.05, 0) is 25.9 Å². The summed E-state index contributed by atoms with van der Waals surface area (Å²) in [5.74, 6) is 0.